The Morgan fingerprint density at radius 2 is 1.32 bits per heavy atom. The Morgan fingerprint density at radius 1 is 0.789 bits per heavy atom. The second-order valence-electron chi connectivity index (χ2n) is 8.55. The van der Waals surface area contributed by atoms with E-state index in [4.69, 9.17) is 19.3 Å². The normalized spacial score (nSPS) is 19.2. The van der Waals surface area contributed by atoms with Crippen molar-refractivity contribution in [2.75, 3.05) is 39.5 Å². The number of aliphatic carboxylic acids is 1. The maximum absolute atomic E-state index is 11.9. The molecule has 0 fully saturated rings. The zero-order valence-corrected chi connectivity index (χ0v) is 21.5. The van der Waals surface area contributed by atoms with Gasteiger partial charge in [0, 0.05) is 25.9 Å². The van der Waals surface area contributed by atoms with Gasteiger partial charge in [-0.3, -0.25) is 9.59 Å². The molecule has 0 aromatic heterocycles. The summed E-state index contributed by atoms with van der Waals surface area (Å²) in [7, 11) is 0. The van der Waals surface area contributed by atoms with Gasteiger partial charge in [0.25, 0.3) is 0 Å². The molecule has 2 amide bonds. The van der Waals surface area contributed by atoms with Gasteiger partial charge in [0.15, 0.2) is 0 Å². The Labute approximate surface area is 221 Å². The number of carboxylic acid groups (broad SMARTS) is 1. The lowest BCUT2D eigenvalue weighted by molar-refractivity contribution is -0.173. The molecule has 12 heteroatoms. The molecule has 3 N–H and O–H groups in total. The highest BCUT2D eigenvalue weighted by atomic mass is 19.4. The molecule has 0 bridgehead atoms. The topological polar surface area (TPSA) is 123 Å². The van der Waals surface area contributed by atoms with Crippen LogP contribution in [0.15, 0.2) is 0 Å². The monoisotopic (exact) mass is 546 g/mol. The molecule has 0 saturated heterocycles. The lowest BCUT2D eigenvalue weighted by Crippen LogP contribution is -2.38. The van der Waals surface area contributed by atoms with E-state index >= 15 is 0 Å². The number of nitrogens with one attached hydrogen (secondary N) is 2. The van der Waals surface area contributed by atoms with Crippen molar-refractivity contribution >= 4 is 17.8 Å². The highest BCUT2D eigenvalue weighted by molar-refractivity contribution is 5.81. The molecule has 0 aromatic rings. The molecule has 0 heterocycles. The summed E-state index contributed by atoms with van der Waals surface area (Å²) in [5, 5.41) is 12.6. The van der Waals surface area contributed by atoms with E-state index in [0.29, 0.717) is 0 Å². The van der Waals surface area contributed by atoms with Gasteiger partial charge in [0.1, 0.15) is 25.4 Å². The Bertz CT molecular complexity index is 844. The first-order valence-electron chi connectivity index (χ1n) is 12.8. The number of carbonyl (C=O) groups excluding carboxylic acids is 2. The fourth-order valence-corrected chi connectivity index (χ4v) is 3.31. The van der Waals surface area contributed by atoms with E-state index < -0.39 is 18.1 Å². The van der Waals surface area contributed by atoms with Crippen LogP contribution in [0.25, 0.3) is 0 Å². The van der Waals surface area contributed by atoms with Crippen LogP contribution in [-0.2, 0) is 28.6 Å². The highest BCUT2D eigenvalue weighted by Gasteiger charge is 2.38. The first-order valence-corrected chi connectivity index (χ1v) is 12.8. The van der Waals surface area contributed by atoms with Crippen molar-refractivity contribution in [2.45, 2.75) is 82.6 Å². The second kappa shape index (κ2) is 20.2. The summed E-state index contributed by atoms with van der Waals surface area (Å²) in [6.45, 7) is -0.343. The van der Waals surface area contributed by atoms with Gasteiger partial charge in [-0.25, -0.2) is 4.79 Å². The molecule has 2 rings (SSSR count). The number of hydrogen-bond donors (Lipinski definition) is 3. The summed E-state index contributed by atoms with van der Waals surface area (Å²) in [5.74, 6) is 8.72. The number of halogens is 3. The van der Waals surface area contributed by atoms with Crippen molar-refractivity contribution in [3.63, 3.8) is 0 Å². The van der Waals surface area contributed by atoms with Gasteiger partial charge in [-0.2, -0.15) is 13.2 Å². The molecule has 2 aliphatic carbocycles. The first kappa shape index (κ1) is 33.2. The third kappa shape index (κ3) is 18.4. The largest absolute Gasteiger partial charge is 0.480 e. The molecular formula is C26H37F3N2O7. The molecule has 38 heavy (non-hydrogen) atoms. The number of amides is 2. The third-order valence-electron chi connectivity index (χ3n) is 5.24. The predicted molar refractivity (Wildman–Crippen MR) is 132 cm³/mol. The fourth-order valence-electron chi connectivity index (χ4n) is 3.31. The lowest BCUT2D eigenvalue weighted by Gasteiger charge is -2.13. The zero-order chi connectivity index (χ0) is 28.1. The molecule has 214 valence electrons. The minimum absolute atomic E-state index is 0.0775. The fraction of sp³-hybridized carbons (Fsp3) is 0.731. The van der Waals surface area contributed by atoms with Gasteiger partial charge in [-0.15, -0.1) is 11.8 Å². The molecule has 0 spiro atoms. The van der Waals surface area contributed by atoms with Crippen LogP contribution in [-0.4, -0.2) is 80.8 Å². The minimum atomic E-state index is -4.89. The molecule has 9 nitrogen and oxygen atoms in total. The van der Waals surface area contributed by atoms with Crippen LogP contribution in [0.4, 0.5) is 13.2 Å². The van der Waals surface area contributed by atoms with Gasteiger partial charge in [0.2, 0.25) is 5.91 Å². The van der Waals surface area contributed by atoms with Crippen molar-refractivity contribution < 1.29 is 46.9 Å². The van der Waals surface area contributed by atoms with Crippen molar-refractivity contribution in [3.05, 3.63) is 0 Å². The van der Waals surface area contributed by atoms with Crippen LogP contribution in [0.2, 0.25) is 0 Å². The van der Waals surface area contributed by atoms with Crippen molar-refractivity contribution in [3.8, 4) is 23.7 Å². The predicted octanol–water partition coefficient (Wildman–Crippen LogP) is 2.57. The van der Waals surface area contributed by atoms with Crippen molar-refractivity contribution in [1.82, 2.24) is 10.6 Å². The van der Waals surface area contributed by atoms with Crippen LogP contribution in [0.5, 0.6) is 0 Å². The maximum Gasteiger partial charge on any atom is 0.471 e. The van der Waals surface area contributed by atoms with Gasteiger partial charge in [-0.1, -0.05) is 24.7 Å². The molecule has 0 aromatic carbocycles. The average molecular weight is 547 g/mol. The van der Waals surface area contributed by atoms with Gasteiger partial charge >= 0.3 is 18.1 Å². The maximum atomic E-state index is 11.9. The summed E-state index contributed by atoms with van der Waals surface area (Å²) < 4.78 is 51.3. The standard InChI is InChI=1S/C16H23F3N2O4.C10H14O3/c17-16(18,19)15(23)21-9-11-24-10-8-20-14(22)12-25-13-6-4-2-1-3-5-7-13;11-10(12)8-13-9-6-4-2-1-3-5-7-9/h13H,1-4,6,8-12H2,(H,20,22)(H,21,23);9H,1-4,6,8H2,(H,11,12). The molecule has 2 unspecified atom stereocenters. The van der Waals surface area contributed by atoms with Crippen LogP contribution in [0.3, 0.4) is 0 Å². The number of carboxylic acids is 1. The number of rotatable bonds is 12. The number of hydrogen-bond acceptors (Lipinski definition) is 6. The molecule has 2 aliphatic rings. The summed E-state index contributed by atoms with van der Waals surface area (Å²) in [6.07, 6.45) is 4.79. The van der Waals surface area contributed by atoms with E-state index in [0.717, 1.165) is 57.8 Å². The summed E-state index contributed by atoms with van der Waals surface area (Å²) in [6, 6.07) is 0. The third-order valence-corrected chi connectivity index (χ3v) is 5.24. The van der Waals surface area contributed by atoms with Crippen LogP contribution in [0, 0.1) is 23.7 Å². The Balaban J connectivity index is 0.000000464. The van der Waals surface area contributed by atoms with Gasteiger partial charge < -0.3 is 30.0 Å². The summed E-state index contributed by atoms with van der Waals surface area (Å²) >= 11 is 0. The Hall–Kier alpha value is -2.80. The Morgan fingerprint density at radius 3 is 1.84 bits per heavy atom. The smallest absolute Gasteiger partial charge is 0.471 e. The average Bonchev–Trinajstić information content (AvgIpc) is 2.81. The molecule has 0 radical (unpaired) electrons. The number of carbonyl (C=O) groups is 3. The van der Waals surface area contributed by atoms with Crippen LogP contribution >= 0.6 is 0 Å². The lowest BCUT2D eigenvalue weighted by atomic mass is 10.1. The van der Waals surface area contributed by atoms with Crippen LogP contribution in [0.1, 0.15) is 64.2 Å². The Kier molecular flexibility index (Phi) is 17.7. The van der Waals surface area contributed by atoms with Gasteiger partial charge in [0.05, 0.1) is 13.2 Å². The summed E-state index contributed by atoms with van der Waals surface area (Å²) in [5.41, 5.74) is 0. The van der Waals surface area contributed by atoms with E-state index in [-0.39, 0.29) is 57.6 Å². The second-order valence-corrected chi connectivity index (χ2v) is 8.55. The van der Waals surface area contributed by atoms with Crippen LogP contribution < -0.4 is 10.6 Å². The first-order chi connectivity index (χ1) is 18.2. The molecular weight excluding hydrogens is 509 g/mol. The van der Waals surface area contributed by atoms with E-state index in [9.17, 15) is 27.6 Å². The molecule has 0 aliphatic heterocycles. The minimum Gasteiger partial charge on any atom is -0.480 e. The van der Waals surface area contributed by atoms with E-state index in [1.165, 1.54) is 6.42 Å². The number of alkyl halides is 3. The SMILES string of the molecule is O=C(COC1C#CCCCCC1)NCCOCCNC(=O)C(F)(F)F.O=C(O)COC1C#CCCCCC1. The van der Waals surface area contributed by atoms with Gasteiger partial charge in [-0.05, 0) is 38.5 Å². The molecule has 0 saturated carbocycles. The quantitative estimate of drug-likeness (QED) is 0.254. The van der Waals surface area contributed by atoms with E-state index in [2.05, 4.69) is 29.0 Å². The summed E-state index contributed by atoms with van der Waals surface area (Å²) in [4.78, 5) is 32.3. The zero-order valence-electron chi connectivity index (χ0n) is 21.5. The van der Waals surface area contributed by atoms with E-state index in [1.807, 2.05) is 0 Å². The highest BCUT2D eigenvalue weighted by Crippen LogP contribution is 2.14. The number of ether oxygens (including phenoxy) is 3. The van der Waals surface area contributed by atoms with Crippen molar-refractivity contribution in [2.24, 2.45) is 0 Å². The van der Waals surface area contributed by atoms with E-state index in [1.54, 1.807) is 5.32 Å². The van der Waals surface area contributed by atoms with Crippen molar-refractivity contribution in [1.29, 1.82) is 0 Å². The molecule has 2 atom stereocenters.